The van der Waals surface area contributed by atoms with Gasteiger partial charge in [-0.15, -0.1) is 5.10 Å². The number of nitrogen functional groups attached to an aromatic ring is 1. The van der Waals surface area contributed by atoms with Crippen molar-refractivity contribution in [3.8, 4) is 5.75 Å². The summed E-state index contributed by atoms with van der Waals surface area (Å²) < 4.78 is 7.37. The number of hydrogen-bond donors (Lipinski definition) is 2. The molecule has 140 valence electrons. The largest absolute Gasteiger partial charge is 0.494 e. The Morgan fingerprint density at radius 1 is 1.15 bits per heavy atom. The summed E-state index contributed by atoms with van der Waals surface area (Å²) in [6.45, 7) is 2.60. The maximum Gasteiger partial charge on any atom is 0.241 e. The summed E-state index contributed by atoms with van der Waals surface area (Å²) in [4.78, 5) is 4.32. The van der Waals surface area contributed by atoms with Crippen LogP contribution in [0, 0.1) is 0 Å². The topological polar surface area (TPSA) is 78.0 Å². The van der Waals surface area contributed by atoms with Crippen molar-refractivity contribution in [3.05, 3.63) is 63.6 Å². The van der Waals surface area contributed by atoms with E-state index in [0.29, 0.717) is 22.6 Å². The van der Waals surface area contributed by atoms with E-state index >= 15 is 0 Å². The van der Waals surface area contributed by atoms with Crippen LogP contribution in [0.4, 0.5) is 11.9 Å². The number of nitrogens with two attached hydrogens (primary N) is 1. The van der Waals surface area contributed by atoms with Crippen LogP contribution >= 0.6 is 23.2 Å². The highest BCUT2D eigenvalue weighted by Gasteiger charge is 2.31. The van der Waals surface area contributed by atoms with Crippen molar-refractivity contribution in [2.75, 3.05) is 17.7 Å². The predicted octanol–water partition coefficient (Wildman–Crippen LogP) is 4.71. The molecule has 4 rings (SSSR count). The van der Waals surface area contributed by atoms with Gasteiger partial charge in [-0.25, -0.2) is 4.68 Å². The lowest BCUT2D eigenvalue weighted by Gasteiger charge is -2.32. The molecule has 0 saturated carbocycles. The van der Waals surface area contributed by atoms with Crippen molar-refractivity contribution < 1.29 is 4.74 Å². The summed E-state index contributed by atoms with van der Waals surface area (Å²) in [5.74, 6) is 1.71. The first kappa shape index (κ1) is 17.9. The first-order valence-corrected chi connectivity index (χ1v) is 9.47. The molecule has 0 saturated heterocycles. The minimum atomic E-state index is -0.0128. The number of benzene rings is 2. The van der Waals surface area contributed by atoms with Gasteiger partial charge in [-0.05, 0) is 48.7 Å². The Hall–Kier alpha value is -2.44. The molecule has 8 heteroatoms. The molecule has 2 aromatic carbocycles. The van der Waals surface area contributed by atoms with Gasteiger partial charge in [0.15, 0.2) is 0 Å². The highest BCUT2D eigenvalue weighted by atomic mass is 35.5. The lowest BCUT2D eigenvalue weighted by molar-refractivity contribution is 0.340. The molecule has 0 amide bonds. The molecular weight excluding hydrogens is 385 g/mol. The third-order valence-corrected chi connectivity index (χ3v) is 5.37. The second kappa shape index (κ2) is 7.29. The van der Waals surface area contributed by atoms with Gasteiger partial charge in [0.05, 0.1) is 28.7 Å². The van der Waals surface area contributed by atoms with Crippen LogP contribution in [0.5, 0.6) is 5.75 Å². The molecule has 0 spiro atoms. The molecule has 2 atom stereocenters. The molecule has 1 aromatic heterocycles. The first-order chi connectivity index (χ1) is 13.0. The summed E-state index contributed by atoms with van der Waals surface area (Å²) in [5, 5.41) is 8.83. The summed E-state index contributed by atoms with van der Waals surface area (Å²) >= 11 is 12.3. The molecule has 0 bridgehead atoms. The average molecular weight is 404 g/mol. The molecule has 27 heavy (non-hydrogen) atoms. The maximum absolute atomic E-state index is 6.21. The van der Waals surface area contributed by atoms with Crippen molar-refractivity contribution in [1.29, 1.82) is 0 Å². The van der Waals surface area contributed by atoms with Gasteiger partial charge in [0.2, 0.25) is 11.9 Å². The predicted molar refractivity (Wildman–Crippen MR) is 108 cm³/mol. The SMILES string of the molecule is CCOc1ccc([C@@H]2C[C@@H](c3ccc(Cl)c(Cl)c3)Nc3nc(N)nn32)cc1. The van der Waals surface area contributed by atoms with Crippen LogP contribution in [0.15, 0.2) is 42.5 Å². The lowest BCUT2D eigenvalue weighted by atomic mass is 9.93. The Morgan fingerprint density at radius 3 is 2.59 bits per heavy atom. The molecule has 0 radical (unpaired) electrons. The number of rotatable bonds is 4. The number of fused-ring (bicyclic) bond motifs is 1. The van der Waals surface area contributed by atoms with Crippen molar-refractivity contribution in [2.24, 2.45) is 0 Å². The van der Waals surface area contributed by atoms with Crippen molar-refractivity contribution in [1.82, 2.24) is 14.8 Å². The fraction of sp³-hybridized carbons (Fsp3) is 0.263. The Bertz CT molecular complexity index is 957. The van der Waals surface area contributed by atoms with Gasteiger partial charge in [0.25, 0.3) is 0 Å². The van der Waals surface area contributed by atoms with Crippen LogP contribution in [0.2, 0.25) is 10.0 Å². The van der Waals surface area contributed by atoms with E-state index < -0.39 is 0 Å². The van der Waals surface area contributed by atoms with Gasteiger partial charge in [-0.1, -0.05) is 41.4 Å². The van der Waals surface area contributed by atoms with Gasteiger partial charge in [0, 0.05) is 0 Å². The number of anilines is 2. The molecule has 2 heterocycles. The van der Waals surface area contributed by atoms with Crippen molar-refractivity contribution >= 4 is 35.1 Å². The second-order valence-corrected chi connectivity index (χ2v) is 7.18. The molecule has 0 fully saturated rings. The van der Waals surface area contributed by atoms with Crippen molar-refractivity contribution in [3.63, 3.8) is 0 Å². The van der Waals surface area contributed by atoms with Crippen molar-refractivity contribution in [2.45, 2.75) is 25.4 Å². The van der Waals surface area contributed by atoms with Gasteiger partial charge in [-0.3, -0.25) is 0 Å². The van der Waals surface area contributed by atoms with Gasteiger partial charge in [-0.2, -0.15) is 4.98 Å². The van der Waals surface area contributed by atoms with E-state index in [0.717, 1.165) is 23.3 Å². The Morgan fingerprint density at radius 2 is 1.89 bits per heavy atom. The summed E-state index contributed by atoms with van der Waals surface area (Å²) in [6, 6.07) is 13.7. The van der Waals surface area contributed by atoms with E-state index in [1.807, 2.05) is 35.9 Å². The van der Waals surface area contributed by atoms with Gasteiger partial charge in [0.1, 0.15) is 5.75 Å². The fourth-order valence-electron chi connectivity index (χ4n) is 3.37. The minimum absolute atomic E-state index is 0.00688. The molecule has 0 unspecified atom stereocenters. The van der Waals surface area contributed by atoms with Crippen LogP contribution in [0.3, 0.4) is 0 Å². The summed E-state index contributed by atoms with van der Waals surface area (Å²) in [7, 11) is 0. The Labute approximate surface area is 167 Å². The zero-order chi connectivity index (χ0) is 19.0. The number of nitrogens with one attached hydrogen (secondary N) is 1. The number of hydrogen-bond acceptors (Lipinski definition) is 5. The Kier molecular flexibility index (Phi) is 4.85. The third-order valence-electron chi connectivity index (χ3n) is 4.63. The zero-order valence-corrected chi connectivity index (χ0v) is 16.2. The second-order valence-electron chi connectivity index (χ2n) is 6.36. The molecule has 1 aliphatic rings. The molecule has 3 aromatic rings. The fourth-order valence-corrected chi connectivity index (χ4v) is 3.68. The number of halogens is 2. The monoisotopic (exact) mass is 403 g/mol. The smallest absolute Gasteiger partial charge is 0.241 e. The summed E-state index contributed by atoms with van der Waals surface area (Å²) in [5.41, 5.74) is 7.99. The third kappa shape index (κ3) is 3.55. The normalized spacial score (nSPS) is 18.6. The van der Waals surface area contributed by atoms with E-state index in [-0.39, 0.29) is 18.0 Å². The number of aromatic nitrogens is 3. The minimum Gasteiger partial charge on any atom is -0.494 e. The van der Waals surface area contributed by atoms with Crippen LogP contribution in [0.25, 0.3) is 0 Å². The quantitative estimate of drug-likeness (QED) is 0.659. The number of nitrogens with zero attached hydrogens (tertiary/aromatic N) is 3. The van der Waals surface area contributed by atoms with E-state index in [1.54, 1.807) is 6.07 Å². The maximum atomic E-state index is 6.21. The van der Waals surface area contributed by atoms with Crippen LogP contribution in [-0.2, 0) is 0 Å². The lowest BCUT2D eigenvalue weighted by Crippen LogP contribution is -2.28. The van der Waals surface area contributed by atoms with E-state index in [9.17, 15) is 0 Å². The van der Waals surface area contributed by atoms with Crippen LogP contribution in [-0.4, -0.2) is 21.4 Å². The Balaban J connectivity index is 1.70. The zero-order valence-electron chi connectivity index (χ0n) is 14.7. The molecule has 0 aliphatic carbocycles. The van der Waals surface area contributed by atoms with Gasteiger partial charge < -0.3 is 15.8 Å². The van der Waals surface area contributed by atoms with E-state index in [1.165, 1.54) is 0 Å². The molecular formula is C19H19Cl2N5O. The first-order valence-electron chi connectivity index (χ1n) is 8.71. The van der Waals surface area contributed by atoms with E-state index in [2.05, 4.69) is 27.5 Å². The standard InChI is InChI=1S/C19H19Cl2N5O/c1-2-27-13-6-3-11(4-7-13)17-10-16(12-5-8-14(20)15(21)9-12)23-19-24-18(22)25-26(17)19/h3-9,16-17H,2,10H2,1H3,(H3,22,23,24,25)/t16-,17-/m0/s1. The average Bonchev–Trinajstić information content (AvgIpc) is 3.04. The van der Waals surface area contributed by atoms with Gasteiger partial charge >= 0.3 is 0 Å². The number of ether oxygens (including phenoxy) is 1. The highest BCUT2D eigenvalue weighted by Crippen LogP contribution is 2.39. The highest BCUT2D eigenvalue weighted by molar-refractivity contribution is 6.42. The summed E-state index contributed by atoms with van der Waals surface area (Å²) in [6.07, 6.45) is 0.766. The molecule has 3 N–H and O–H groups in total. The van der Waals surface area contributed by atoms with Crippen LogP contribution in [0.1, 0.15) is 36.6 Å². The molecule has 6 nitrogen and oxygen atoms in total. The van der Waals surface area contributed by atoms with Crippen LogP contribution < -0.4 is 15.8 Å². The van der Waals surface area contributed by atoms with E-state index in [4.69, 9.17) is 33.7 Å². The molecule has 1 aliphatic heterocycles.